The number of hydrogen-bond donors (Lipinski definition) is 0. The second-order valence-electron chi connectivity index (χ2n) is 7.37. The SMILES string of the molecule is c1ccc(OCCn2ccnc2)c(CN2CC[C@H]3OCc4cnnn4[C@@H]3C2)c1. The van der Waals surface area contributed by atoms with Crippen molar-refractivity contribution in [3.63, 3.8) is 0 Å². The molecule has 5 rings (SSSR count). The van der Waals surface area contributed by atoms with Gasteiger partial charge in [-0.15, -0.1) is 5.10 Å². The zero-order chi connectivity index (χ0) is 18.8. The molecule has 1 saturated heterocycles. The number of piperidine rings is 1. The number of benzene rings is 1. The summed E-state index contributed by atoms with van der Waals surface area (Å²) in [6.45, 7) is 4.79. The van der Waals surface area contributed by atoms with E-state index >= 15 is 0 Å². The van der Waals surface area contributed by atoms with Gasteiger partial charge in [0.15, 0.2) is 0 Å². The molecule has 146 valence electrons. The zero-order valence-corrected chi connectivity index (χ0v) is 15.7. The topological polar surface area (TPSA) is 70.2 Å². The van der Waals surface area contributed by atoms with Crippen LogP contribution in [-0.4, -0.2) is 55.2 Å². The van der Waals surface area contributed by atoms with E-state index in [9.17, 15) is 0 Å². The quantitative estimate of drug-likeness (QED) is 0.651. The van der Waals surface area contributed by atoms with Crippen LogP contribution in [0.15, 0.2) is 49.2 Å². The minimum atomic E-state index is 0.229. The Balaban J connectivity index is 1.24. The molecule has 2 aromatic heterocycles. The molecule has 3 aromatic rings. The number of likely N-dealkylation sites (tertiary alicyclic amines) is 1. The summed E-state index contributed by atoms with van der Waals surface area (Å²) >= 11 is 0. The highest BCUT2D eigenvalue weighted by atomic mass is 16.5. The fraction of sp³-hybridized carbons (Fsp3) is 0.450. The van der Waals surface area contributed by atoms with Crippen molar-refractivity contribution in [2.24, 2.45) is 0 Å². The molecule has 28 heavy (non-hydrogen) atoms. The number of rotatable bonds is 6. The Labute approximate surface area is 163 Å². The second kappa shape index (κ2) is 7.73. The number of fused-ring (bicyclic) bond motifs is 3. The van der Waals surface area contributed by atoms with Gasteiger partial charge < -0.3 is 14.0 Å². The lowest BCUT2D eigenvalue weighted by Crippen LogP contribution is -2.47. The molecular weight excluding hydrogens is 356 g/mol. The van der Waals surface area contributed by atoms with Crippen LogP contribution in [0.4, 0.5) is 0 Å². The number of imidazole rings is 1. The minimum absolute atomic E-state index is 0.229. The van der Waals surface area contributed by atoms with Gasteiger partial charge in [-0.25, -0.2) is 9.67 Å². The first-order valence-electron chi connectivity index (χ1n) is 9.76. The third-order valence-corrected chi connectivity index (χ3v) is 5.55. The Bertz CT molecular complexity index is 909. The lowest BCUT2D eigenvalue weighted by atomic mass is 9.99. The summed E-state index contributed by atoms with van der Waals surface area (Å²) in [7, 11) is 0. The van der Waals surface area contributed by atoms with Gasteiger partial charge in [-0.05, 0) is 12.5 Å². The van der Waals surface area contributed by atoms with Crippen LogP contribution in [0.3, 0.4) is 0 Å². The monoisotopic (exact) mass is 380 g/mol. The van der Waals surface area contributed by atoms with E-state index in [1.54, 1.807) is 12.4 Å². The molecule has 0 N–H and O–H groups in total. The summed E-state index contributed by atoms with van der Waals surface area (Å²) in [6.07, 6.45) is 8.58. The van der Waals surface area contributed by atoms with Crippen LogP contribution in [0.5, 0.6) is 5.75 Å². The zero-order valence-electron chi connectivity index (χ0n) is 15.7. The van der Waals surface area contributed by atoms with Crippen molar-refractivity contribution in [2.75, 3.05) is 19.7 Å². The van der Waals surface area contributed by atoms with E-state index < -0.39 is 0 Å². The van der Waals surface area contributed by atoms with Crippen LogP contribution in [0.1, 0.15) is 23.7 Å². The molecule has 0 saturated carbocycles. The van der Waals surface area contributed by atoms with Crippen molar-refractivity contribution in [3.8, 4) is 5.75 Å². The molecule has 4 heterocycles. The first kappa shape index (κ1) is 17.4. The molecule has 2 atom stereocenters. The van der Waals surface area contributed by atoms with E-state index in [2.05, 4.69) is 38.4 Å². The summed E-state index contributed by atoms with van der Waals surface area (Å²) in [5, 5.41) is 8.35. The molecule has 8 heteroatoms. The van der Waals surface area contributed by atoms with E-state index in [-0.39, 0.29) is 12.1 Å². The molecule has 2 aliphatic rings. The first-order valence-corrected chi connectivity index (χ1v) is 9.76. The predicted molar refractivity (Wildman–Crippen MR) is 102 cm³/mol. The molecule has 0 bridgehead atoms. The van der Waals surface area contributed by atoms with Gasteiger partial charge in [0, 0.05) is 37.6 Å². The highest BCUT2D eigenvalue weighted by Gasteiger charge is 2.36. The van der Waals surface area contributed by atoms with Gasteiger partial charge in [0.1, 0.15) is 12.4 Å². The van der Waals surface area contributed by atoms with Crippen molar-refractivity contribution in [3.05, 3.63) is 60.4 Å². The molecular formula is C20H24N6O2. The third kappa shape index (κ3) is 3.53. The van der Waals surface area contributed by atoms with Gasteiger partial charge in [0.2, 0.25) is 0 Å². The standard InChI is InChI=1S/C20H24N6O2/c1-2-4-19(27-10-9-24-8-6-21-15-24)16(3-1)12-25-7-5-20-18(13-25)26-17(14-28-20)11-22-23-26/h1-4,6,8,11,15,18,20H,5,7,9-10,12-14H2/t18-,20-/m1/s1. The van der Waals surface area contributed by atoms with Crippen molar-refractivity contribution >= 4 is 0 Å². The van der Waals surface area contributed by atoms with E-state index in [1.165, 1.54) is 5.56 Å². The number of aromatic nitrogens is 5. The smallest absolute Gasteiger partial charge is 0.123 e. The molecule has 0 amide bonds. The van der Waals surface area contributed by atoms with Crippen LogP contribution in [0.25, 0.3) is 0 Å². The van der Waals surface area contributed by atoms with Crippen molar-refractivity contribution in [1.82, 2.24) is 29.4 Å². The third-order valence-electron chi connectivity index (χ3n) is 5.55. The number of para-hydroxylation sites is 1. The Morgan fingerprint density at radius 1 is 1.25 bits per heavy atom. The predicted octanol–water partition coefficient (Wildman–Crippen LogP) is 1.90. The maximum Gasteiger partial charge on any atom is 0.123 e. The van der Waals surface area contributed by atoms with Crippen LogP contribution in [0, 0.1) is 0 Å². The molecule has 1 fully saturated rings. The maximum atomic E-state index is 6.07. The maximum absolute atomic E-state index is 6.07. The van der Waals surface area contributed by atoms with Gasteiger partial charge in [0.05, 0.1) is 43.5 Å². The van der Waals surface area contributed by atoms with Gasteiger partial charge in [-0.1, -0.05) is 23.4 Å². The van der Waals surface area contributed by atoms with Crippen LogP contribution in [-0.2, 0) is 24.4 Å². The first-order chi connectivity index (χ1) is 13.9. The summed E-state index contributed by atoms with van der Waals surface area (Å²) in [6, 6.07) is 8.53. The molecule has 0 spiro atoms. The van der Waals surface area contributed by atoms with Crippen molar-refractivity contribution in [1.29, 1.82) is 0 Å². The average molecular weight is 380 g/mol. The van der Waals surface area contributed by atoms with E-state index in [4.69, 9.17) is 9.47 Å². The van der Waals surface area contributed by atoms with E-state index in [0.717, 1.165) is 44.0 Å². The van der Waals surface area contributed by atoms with Gasteiger partial charge in [-0.3, -0.25) is 4.90 Å². The number of hydrogen-bond acceptors (Lipinski definition) is 6. The Morgan fingerprint density at radius 2 is 2.21 bits per heavy atom. The molecule has 1 aromatic carbocycles. The summed E-state index contributed by atoms with van der Waals surface area (Å²) in [5.41, 5.74) is 2.27. The Hall–Kier alpha value is -2.71. The molecule has 0 aliphatic carbocycles. The van der Waals surface area contributed by atoms with Gasteiger partial charge in [-0.2, -0.15) is 0 Å². The lowest BCUT2D eigenvalue weighted by molar-refractivity contribution is -0.0670. The number of nitrogens with zero attached hydrogens (tertiary/aromatic N) is 6. The van der Waals surface area contributed by atoms with Crippen LogP contribution < -0.4 is 4.74 Å². The summed E-state index contributed by atoms with van der Waals surface area (Å²) < 4.78 is 16.2. The minimum Gasteiger partial charge on any atom is -0.491 e. The van der Waals surface area contributed by atoms with Crippen molar-refractivity contribution in [2.45, 2.75) is 38.3 Å². The van der Waals surface area contributed by atoms with Gasteiger partial charge >= 0.3 is 0 Å². The molecule has 0 radical (unpaired) electrons. The largest absolute Gasteiger partial charge is 0.491 e. The summed E-state index contributed by atoms with van der Waals surface area (Å²) in [4.78, 5) is 6.52. The fourth-order valence-corrected chi connectivity index (χ4v) is 4.08. The van der Waals surface area contributed by atoms with Crippen LogP contribution in [0.2, 0.25) is 0 Å². The molecule has 8 nitrogen and oxygen atoms in total. The van der Waals surface area contributed by atoms with Crippen molar-refractivity contribution < 1.29 is 9.47 Å². The van der Waals surface area contributed by atoms with Gasteiger partial charge in [0.25, 0.3) is 0 Å². The molecule has 2 aliphatic heterocycles. The van der Waals surface area contributed by atoms with E-state index in [0.29, 0.717) is 13.2 Å². The average Bonchev–Trinajstić information content (AvgIpc) is 3.41. The second-order valence-corrected chi connectivity index (χ2v) is 7.37. The molecule has 0 unspecified atom stereocenters. The summed E-state index contributed by atoms with van der Waals surface area (Å²) in [5.74, 6) is 0.950. The fourth-order valence-electron chi connectivity index (χ4n) is 4.08. The highest BCUT2D eigenvalue weighted by molar-refractivity contribution is 5.33. The highest BCUT2D eigenvalue weighted by Crippen LogP contribution is 2.31. The lowest BCUT2D eigenvalue weighted by Gasteiger charge is -2.41. The Kier molecular flexibility index (Phi) is 4.80. The van der Waals surface area contributed by atoms with Crippen LogP contribution >= 0.6 is 0 Å². The normalized spacial score (nSPS) is 21.9. The Morgan fingerprint density at radius 3 is 3.14 bits per heavy atom. The van der Waals surface area contributed by atoms with E-state index in [1.807, 2.05) is 27.8 Å². The number of ether oxygens (including phenoxy) is 2.